The lowest BCUT2D eigenvalue weighted by molar-refractivity contribution is 0.868. The van der Waals surface area contributed by atoms with Crippen molar-refractivity contribution in [2.24, 2.45) is 0 Å². The Morgan fingerprint density at radius 2 is 1.77 bits per heavy atom. The second-order valence-electron chi connectivity index (χ2n) is 7.34. The molecule has 31 heavy (non-hydrogen) atoms. The van der Waals surface area contributed by atoms with Crippen molar-refractivity contribution in [2.75, 3.05) is 5.32 Å². The predicted molar refractivity (Wildman–Crippen MR) is 125 cm³/mol. The number of nitrogens with zero attached hydrogens (tertiary/aromatic N) is 5. The van der Waals surface area contributed by atoms with Crippen LogP contribution in [0, 0.1) is 6.92 Å². The molecular formula is C24H20N6S. The molecule has 5 aromatic rings. The average molecular weight is 425 g/mol. The summed E-state index contributed by atoms with van der Waals surface area (Å²) in [6.07, 6.45) is 5.19. The van der Waals surface area contributed by atoms with Gasteiger partial charge in [-0.15, -0.1) is 11.3 Å². The molecule has 0 aliphatic carbocycles. The Kier molecular flexibility index (Phi) is 5.09. The summed E-state index contributed by atoms with van der Waals surface area (Å²) in [5.74, 6) is 1.53. The quantitative estimate of drug-likeness (QED) is 0.390. The molecule has 0 aliphatic rings. The summed E-state index contributed by atoms with van der Waals surface area (Å²) in [5.41, 5.74) is 8.07. The molecule has 0 amide bonds. The molecule has 1 atom stereocenters. The van der Waals surface area contributed by atoms with Gasteiger partial charge in [0.25, 0.3) is 0 Å². The third-order valence-electron chi connectivity index (χ3n) is 5.11. The number of aromatic nitrogens is 5. The van der Waals surface area contributed by atoms with E-state index in [0.717, 1.165) is 49.8 Å². The first-order valence-electron chi connectivity index (χ1n) is 9.97. The second kappa shape index (κ2) is 8.20. The second-order valence-corrected chi connectivity index (χ2v) is 8.23. The Morgan fingerprint density at radius 1 is 0.903 bits per heavy atom. The number of thiazole rings is 1. The highest BCUT2D eigenvalue weighted by Gasteiger charge is 2.11. The number of benzene rings is 2. The zero-order valence-corrected chi connectivity index (χ0v) is 18.0. The van der Waals surface area contributed by atoms with E-state index in [1.54, 1.807) is 17.7 Å². The molecule has 0 fully saturated rings. The van der Waals surface area contributed by atoms with Crippen LogP contribution in [0.3, 0.4) is 0 Å². The molecule has 0 aliphatic heterocycles. The number of nitrogens with one attached hydrogen (secondary N) is 1. The lowest BCUT2D eigenvalue weighted by Gasteiger charge is -2.17. The fourth-order valence-electron chi connectivity index (χ4n) is 3.54. The average Bonchev–Trinajstić information content (AvgIpc) is 3.27. The van der Waals surface area contributed by atoms with Crippen molar-refractivity contribution in [3.05, 3.63) is 84.2 Å². The van der Waals surface area contributed by atoms with Crippen LogP contribution in [0.4, 0.5) is 5.82 Å². The van der Waals surface area contributed by atoms with Crippen molar-refractivity contribution in [1.82, 2.24) is 24.9 Å². The molecule has 0 saturated heterocycles. The van der Waals surface area contributed by atoms with E-state index in [1.165, 1.54) is 0 Å². The summed E-state index contributed by atoms with van der Waals surface area (Å²) in [6, 6.07) is 16.7. The van der Waals surface area contributed by atoms with E-state index < -0.39 is 0 Å². The minimum Gasteiger partial charge on any atom is -0.363 e. The minimum atomic E-state index is 0.0655. The molecule has 0 radical (unpaired) electrons. The molecular weight excluding hydrogens is 404 g/mol. The van der Waals surface area contributed by atoms with Crippen LogP contribution in [0.1, 0.15) is 24.4 Å². The van der Waals surface area contributed by atoms with Crippen LogP contribution in [-0.2, 0) is 0 Å². The lowest BCUT2D eigenvalue weighted by atomic mass is 10.0. The fourth-order valence-corrected chi connectivity index (χ4v) is 4.26. The molecule has 1 unspecified atom stereocenters. The Labute approximate surface area is 184 Å². The molecule has 7 heteroatoms. The Hall–Kier alpha value is -3.71. The summed E-state index contributed by atoms with van der Waals surface area (Å²) in [5, 5.41) is 3.53. The number of aryl methyl sites for hydroxylation is 1. The molecule has 3 aromatic heterocycles. The number of hydrogen-bond donors (Lipinski definition) is 1. The third-order valence-corrected chi connectivity index (χ3v) is 5.90. The van der Waals surface area contributed by atoms with Crippen molar-refractivity contribution < 1.29 is 0 Å². The van der Waals surface area contributed by atoms with E-state index in [9.17, 15) is 0 Å². The van der Waals surface area contributed by atoms with Gasteiger partial charge in [-0.25, -0.2) is 24.9 Å². The number of fused-ring (bicyclic) bond motifs is 1. The normalized spacial score (nSPS) is 12.1. The molecule has 2 aromatic carbocycles. The van der Waals surface area contributed by atoms with Crippen molar-refractivity contribution in [3.8, 4) is 22.4 Å². The van der Waals surface area contributed by atoms with Crippen LogP contribution < -0.4 is 5.32 Å². The van der Waals surface area contributed by atoms with E-state index in [0.29, 0.717) is 0 Å². The van der Waals surface area contributed by atoms with Gasteiger partial charge in [0, 0.05) is 35.6 Å². The predicted octanol–water partition coefficient (Wildman–Crippen LogP) is 5.69. The highest BCUT2D eigenvalue weighted by molar-refractivity contribution is 7.16. The summed E-state index contributed by atoms with van der Waals surface area (Å²) >= 11 is 1.63. The van der Waals surface area contributed by atoms with Gasteiger partial charge in [-0.3, -0.25) is 0 Å². The number of rotatable bonds is 5. The Balaban J connectivity index is 1.42. The van der Waals surface area contributed by atoms with Gasteiger partial charge in [-0.05, 0) is 43.2 Å². The van der Waals surface area contributed by atoms with Gasteiger partial charge in [0.15, 0.2) is 0 Å². The number of anilines is 1. The smallest absolute Gasteiger partial charge is 0.130 e. The third kappa shape index (κ3) is 4.13. The SMILES string of the molecule is Cc1nc(NC(C)c2cccc(-c3cncnc3)c2)cc(-c2ccc3ncsc3c2)n1. The van der Waals surface area contributed by atoms with Gasteiger partial charge in [0.2, 0.25) is 0 Å². The van der Waals surface area contributed by atoms with Crippen molar-refractivity contribution >= 4 is 27.4 Å². The molecule has 5 rings (SSSR count). The van der Waals surface area contributed by atoms with Gasteiger partial charge in [0.1, 0.15) is 18.0 Å². The van der Waals surface area contributed by atoms with E-state index in [-0.39, 0.29) is 6.04 Å². The lowest BCUT2D eigenvalue weighted by Crippen LogP contribution is -2.09. The minimum absolute atomic E-state index is 0.0655. The molecule has 1 N–H and O–H groups in total. The van der Waals surface area contributed by atoms with Crippen LogP contribution in [0.5, 0.6) is 0 Å². The van der Waals surface area contributed by atoms with E-state index in [1.807, 2.05) is 37.0 Å². The maximum absolute atomic E-state index is 4.65. The zero-order chi connectivity index (χ0) is 21.2. The summed E-state index contributed by atoms with van der Waals surface area (Å²) in [7, 11) is 0. The van der Waals surface area contributed by atoms with E-state index in [2.05, 4.69) is 73.6 Å². The molecule has 0 saturated carbocycles. The summed E-state index contributed by atoms with van der Waals surface area (Å²) in [4.78, 5) is 21.9. The van der Waals surface area contributed by atoms with Crippen LogP contribution in [-0.4, -0.2) is 24.9 Å². The van der Waals surface area contributed by atoms with Gasteiger partial charge >= 0.3 is 0 Å². The highest BCUT2D eigenvalue weighted by Crippen LogP contribution is 2.28. The van der Waals surface area contributed by atoms with Crippen molar-refractivity contribution in [1.29, 1.82) is 0 Å². The first kappa shape index (κ1) is 19.3. The van der Waals surface area contributed by atoms with E-state index >= 15 is 0 Å². The molecule has 0 bridgehead atoms. The summed E-state index contributed by atoms with van der Waals surface area (Å²) < 4.78 is 1.15. The molecule has 6 nitrogen and oxygen atoms in total. The molecule has 0 spiro atoms. The Morgan fingerprint density at radius 3 is 2.65 bits per heavy atom. The maximum Gasteiger partial charge on any atom is 0.130 e. The standard InChI is InChI=1S/C24H20N6S/c1-15(17-4-3-5-18(8-17)20-11-25-13-26-12-20)28-24-10-22(29-16(2)30-24)19-6-7-21-23(9-19)31-14-27-21/h3-15H,1-2H3,(H,28,29,30). The van der Waals surface area contributed by atoms with Crippen LogP contribution in [0.25, 0.3) is 32.6 Å². The van der Waals surface area contributed by atoms with Gasteiger partial charge in [-0.1, -0.05) is 24.3 Å². The zero-order valence-electron chi connectivity index (χ0n) is 17.1. The first-order valence-corrected chi connectivity index (χ1v) is 10.8. The molecule has 3 heterocycles. The van der Waals surface area contributed by atoms with Gasteiger partial charge in [-0.2, -0.15) is 0 Å². The van der Waals surface area contributed by atoms with Crippen LogP contribution in [0.2, 0.25) is 0 Å². The number of hydrogen-bond acceptors (Lipinski definition) is 7. The first-order chi connectivity index (χ1) is 15.2. The van der Waals surface area contributed by atoms with Crippen molar-refractivity contribution in [3.63, 3.8) is 0 Å². The van der Waals surface area contributed by atoms with Crippen LogP contribution >= 0.6 is 11.3 Å². The highest BCUT2D eigenvalue weighted by atomic mass is 32.1. The van der Waals surface area contributed by atoms with Crippen molar-refractivity contribution in [2.45, 2.75) is 19.9 Å². The van der Waals surface area contributed by atoms with Crippen LogP contribution in [0.15, 0.2) is 72.8 Å². The maximum atomic E-state index is 4.65. The largest absolute Gasteiger partial charge is 0.363 e. The van der Waals surface area contributed by atoms with Gasteiger partial charge in [0.05, 0.1) is 21.4 Å². The topological polar surface area (TPSA) is 76.5 Å². The molecule has 152 valence electrons. The summed E-state index contributed by atoms with van der Waals surface area (Å²) in [6.45, 7) is 4.04. The van der Waals surface area contributed by atoms with E-state index in [4.69, 9.17) is 0 Å². The monoisotopic (exact) mass is 424 g/mol. The van der Waals surface area contributed by atoms with Gasteiger partial charge < -0.3 is 5.32 Å². The fraction of sp³-hybridized carbons (Fsp3) is 0.125. The Bertz CT molecular complexity index is 1350.